The van der Waals surface area contributed by atoms with Crippen molar-refractivity contribution < 1.29 is 9.59 Å². The molecule has 1 rings (SSSR count). The molecule has 1 aliphatic carbocycles. The predicted octanol–water partition coefficient (Wildman–Crippen LogP) is 0.916. The van der Waals surface area contributed by atoms with E-state index in [-0.39, 0.29) is 5.78 Å². The fourth-order valence-corrected chi connectivity index (χ4v) is 1.21. The third-order valence-electron chi connectivity index (χ3n) is 1.59. The summed E-state index contributed by atoms with van der Waals surface area (Å²) in [5.74, 6) is -0.126. The Kier molecular flexibility index (Phi) is 1.58. The highest BCUT2D eigenvalue weighted by atomic mass is 35.5. The molecule has 0 bridgehead atoms. The molecule has 0 aromatic rings. The van der Waals surface area contributed by atoms with Gasteiger partial charge in [-0.3, -0.25) is 4.79 Å². The van der Waals surface area contributed by atoms with E-state index in [4.69, 9.17) is 11.6 Å². The molecule has 1 atom stereocenters. The van der Waals surface area contributed by atoms with Crippen molar-refractivity contribution in [2.45, 2.75) is 24.1 Å². The summed E-state index contributed by atoms with van der Waals surface area (Å²) >= 11 is 5.59. The van der Waals surface area contributed by atoms with Crippen LogP contribution in [0.25, 0.3) is 0 Å². The summed E-state index contributed by atoms with van der Waals surface area (Å²) < 4.78 is 0. The van der Waals surface area contributed by atoms with Crippen molar-refractivity contribution >= 4 is 23.7 Å². The summed E-state index contributed by atoms with van der Waals surface area (Å²) in [7, 11) is 0. The summed E-state index contributed by atoms with van der Waals surface area (Å²) in [4.78, 5) is 19.8. The molecule has 3 heteroatoms. The van der Waals surface area contributed by atoms with E-state index in [1.54, 1.807) is 0 Å². The summed E-state index contributed by atoms with van der Waals surface area (Å²) in [5.41, 5.74) is 0. The lowest BCUT2D eigenvalue weighted by atomic mass is 10.1. The smallest absolute Gasteiger partial charge is 0.160 e. The number of hydrogen-bond acceptors (Lipinski definition) is 2. The van der Waals surface area contributed by atoms with Crippen LogP contribution in [0.5, 0.6) is 0 Å². The Morgan fingerprint density at radius 3 is 2.56 bits per heavy atom. The first kappa shape index (κ1) is 6.75. The molecule has 0 saturated heterocycles. The average molecular weight is 147 g/mol. The molecule has 1 saturated carbocycles. The second-order valence-electron chi connectivity index (χ2n) is 2.26. The number of carbonyl (C=O) groups is 2. The van der Waals surface area contributed by atoms with E-state index in [0.29, 0.717) is 19.1 Å². The molecule has 9 heavy (non-hydrogen) atoms. The minimum atomic E-state index is -1.15. The van der Waals surface area contributed by atoms with Gasteiger partial charge in [0.1, 0.15) is 6.29 Å². The zero-order chi connectivity index (χ0) is 6.91. The lowest BCUT2D eigenvalue weighted by Crippen LogP contribution is -2.27. The molecule has 0 spiro atoms. The van der Waals surface area contributed by atoms with E-state index < -0.39 is 4.87 Å². The van der Waals surface area contributed by atoms with Crippen molar-refractivity contribution in [3.63, 3.8) is 0 Å². The standard InChI is InChI=1S/C6H7ClO2/c7-6(4-8)3-1-2-5(6)9/h4H,1-3H2. The Morgan fingerprint density at radius 2 is 2.33 bits per heavy atom. The molecule has 1 fully saturated rings. The first-order chi connectivity index (χ1) is 4.19. The highest BCUT2D eigenvalue weighted by molar-refractivity contribution is 6.44. The van der Waals surface area contributed by atoms with E-state index in [0.717, 1.165) is 6.42 Å². The Bertz CT molecular complexity index is 155. The Balaban J connectivity index is 2.78. The van der Waals surface area contributed by atoms with Crippen molar-refractivity contribution in [3.05, 3.63) is 0 Å². The van der Waals surface area contributed by atoms with Crippen LogP contribution in [0.1, 0.15) is 19.3 Å². The third-order valence-corrected chi connectivity index (χ3v) is 2.08. The van der Waals surface area contributed by atoms with Gasteiger partial charge in [-0.1, -0.05) is 0 Å². The summed E-state index contributed by atoms with van der Waals surface area (Å²) in [5, 5.41) is 0. The van der Waals surface area contributed by atoms with Crippen molar-refractivity contribution in [2.75, 3.05) is 0 Å². The Hall–Kier alpha value is -0.370. The van der Waals surface area contributed by atoms with Gasteiger partial charge in [0.25, 0.3) is 0 Å². The van der Waals surface area contributed by atoms with Gasteiger partial charge in [0.15, 0.2) is 10.7 Å². The molecule has 0 aliphatic heterocycles. The average Bonchev–Trinajstić information content (AvgIpc) is 2.15. The van der Waals surface area contributed by atoms with Crippen LogP contribution in [0.15, 0.2) is 0 Å². The largest absolute Gasteiger partial charge is 0.301 e. The van der Waals surface area contributed by atoms with Crippen LogP contribution < -0.4 is 0 Å². The van der Waals surface area contributed by atoms with Gasteiger partial charge in [-0.15, -0.1) is 11.6 Å². The number of alkyl halides is 1. The SMILES string of the molecule is O=CC1(Cl)CCCC1=O. The monoisotopic (exact) mass is 146 g/mol. The van der Waals surface area contributed by atoms with Crippen LogP contribution in [-0.4, -0.2) is 16.9 Å². The number of ketones is 1. The van der Waals surface area contributed by atoms with Crippen LogP contribution in [-0.2, 0) is 9.59 Å². The van der Waals surface area contributed by atoms with Gasteiger partial charge in [0, 0.05) is 6.42 Å². The lowest BCUT2D eigenvalue weighted by Gasteiger charge is -2.07. The van der Waals surface area contributed by atoms with Gasteiger partial charge in [0.05, 0.1) is 0 Å². The minimum Gasteiger partial charge on any atom is -0.301 e. The number of rotatable bonds is 1. The quantitative estimate of drug-likeness (QED) is 0.313. The van der Waals surface area contributed by atoms with E-state index in [1.807, 2.05) is 0 Å². The van der Waals surface area contributed by atoms with Gasteiger partial charge in [0.2, 0.25) is 0 Å². The van der Waals surface area contributed by atoms with Gasteiger partial charge in [-0.25, -0.2) is 0 Å². The van der Waals surface area contributed by atoms with E-state index in [1.165, 1.54) is 0 Å². The molecule has 1 aliphatic rings. The molecular formula is C6H7ClO2. The fraction of sp³-hybridized carbons (Fsp3) is 0.667. The molecular weight excluding hydrogens is 140 g/mol. The number of carbonyl (C=O) groups excluding carboxylic acids is 2. The van der Waals surface area contributed by atoms with Gasteiger partial charge < -0.3 is 4.79 Å². The topological polar surface area (TPSA) is 34.1 Å². The number of halogens is 1. The summed E-state index contributed by atoms with van der Waals surface area (Å²) in [6.45, 7) is 0. The predicted molar refractivity (Wildman–Crippen MR) is 33.5 cm³/mol. The lowest BCUT2D eigenvalue weighted by molar-refractivity contribution is -0.123. The van der Waals surface area contributed by atoms with Gasteiger partial charge >= 0.3 is 0 Å². The molecule has 50 valence electrons. The maximum absolute atomic E-state index is 10.8. The van der Waals surface area contributed by atoms with E-state index in [2.05, 4.69) is 0 Å². The molecule has 0 amide bonds. The van der Waals surface area contributed by atoms with E-state index >= 15 is 0 Å². The third kappa shape index (κ3) is 0.990. The van der Waals surface area contributed by atoms with Crippen LogP contribution in [0.4, 0.5) is 0 Å². The second kappa shape index (κ2) is 2.10. The zero-order valence-electron chi connectivity index (χ0n) is 4.89. The molecule has 0 aromatic carbocycles. The maximum Gasteiger partial charge on any atom is 0.160 e. The van der Waals surface area contributed by atoms with Crippen LogP contribution in [0.2, 0.25) is 0 Å². The van der Waals surface area contributed by atoms with Crippen molar-refractivity contribution in [1.29, 1.82) is 0 Å². The fourth-order valence-electron chi connectivity index (χ4n) is 0.978. The number of Topliss-reactive ketones (excluding diaryl/α,β-unsaturated/α-hetero) is 1. The van der Waals surface area contributed by atoms with E-state index in [9.17, 15) is 9.59 Å². The molecule has 0 radical (unpaired) electrons. The molecule has 0 N–H and O–H groups in total. The zero-order valence-corrected chi connectivity index (χ0v) is 5.65. The van der Waals surface area contributed by atoms with Crippen LogP contribution in [0, 0.1) is 0 Å². The first-order valence-corrected chi connectivity index (χ1v) is 3.25. The molecule has 2 nitrogen and oxygen atoms in total. The highest BCUT2D eigenvalue weighted by Crippen LogP contribution is 2.30. The van der Waals surface area contributed by atoms with Crippen molar-refractivity contribution in [1.82, 2.24) is 0 Å². The molecule has 0 aromatic heterocycles. The van der Waals surface area contributed by atoms with Gasteiger partial charge in [-0.2, -0.15) is 0 Å². The number of hydrogen-bond donors (Lipinski definition) is 0. The normalized spacial score (nSPS) is 35.0. The second-order valence-corrected chi connectivity index (χ2v) is 2.93. The highest BCUT2D eigenvalue weighted by Gasteiger charge is 2.39. The molecule has 1 unspecified atom stereocenters. The molecule has 0 heterocycles. The first-order valence-electron chi connectivity index (χ1n) is 2.87. The minimum absolute atomic E-state index is 0.126. The Morgan fingerprint density at radius 1 is 1.67 bits per heavy atom. The number of aldehydes is 1. The van der Waals surface area contributed by atoms with Crippen LogP contribution >= 0.6 is 11.6 Å². The summed E-state index contributed by atoms with van der Waals surface area (Å²) in [6.07, 6.45) is 2.27. The van der Waals surface area contributed by atoms with Crippen molar-refractivity contribution in [3.8, 4) is 0 Å². The Labute approximate surface area is 58.2 Å². The van der Waals surface area contributed by atoms with Crippen molar-refractivity contribution in [2.24, 2.45) is 0 Å². The van der Waals surface area contributed by atoms with Crippen LogP contribution in [0.3, 0.4) is 0 Å². The summed E-state index contributed by atoms with van der Waals surface area (Å²) in [6, 6.07) is 0. The van der Waals surface area contributed by atoms with Gasteiger partial charge in [-0.05, 0) is 12.8 Å². The maximum atomic E-state index is 10.8.